The standard InChI is InChI=1S/C24H21NO4/c1-3-27-18-12-14-20(15-13-18)28-19-10-8-17(9-11-19)25-24(26)23-16(2)21-6-4-5-7-22(21)29-23/h4-15H,3H2,1-2H3,(H,25,26). The van der Waals surface area contributed by atoms with Crippen LogP contribution < -0.4 is 14.8 Å². The fourth-order valence-electron chi connectivity index (χ4n) is 3.09. The summed E-state index contributed by atoms with van der Waals surface area (Å²) in [4.78, 5) is 12.6. The highest BCUT2D eigenvalue weighted by atomic mass is 16.5. The molecule has 146 valence electrons. The van der Waals surface area contributed by atoms with Crippen molar-refractivity contribution in [2.24, 2.45) is 0 Å². The molecule has 0 saturated heterocycles. The summed E-state index contributed by atoms with van der Waals surface area (Å²) in [5, 5.41) is 3.81. The van der Waals surface area contributed by atoms with Gasteiger partial charge in [0.15, 0.2) is 5.76 Å². The largest absolute Gasteiger partial charge is 0.494 e. The third kappa shape index (κ3) is 4.09. The lowest BCUT2D eigenvalue weighted by Crippen LogP contribution is -2.11. The summed E-state index contributed by atoms with van der Waals surface area (Å²) < 4.78 is 17.0. The average molecular weight is 387 g/mol. The van der Waals surface area contributed by atoms with Crippen molar-refractivity contribution < 1.29 is 18.7 Å². The van der Waals surface area contributed by atoms with Gasteiger partial charge in [-0.2, -0.15) is 0 Å². The van der Waals surface area contributed by atoms with Crippen LogP contribution in [-0.2, 0) is 0 Å². The summed E-state index contributed by atoms with van der Waals surface area (Å²) >= 11 is 0. The fourth-order valence-corrected chi connectivity index (χ4v) is 3.09. The molecule has 0 aliphatic carbocycles. The van der Waals surface area contributed by atoms with Gasteiger partial charge >= 0.3 is 0 Å². The molecule has 0 aliphatic heterocycles. The maximum atomic E-state index is 12.6. The van der Waals surface area contributed by atoms with Gasteiger partial charge in [0.1, 0.15) is 22.8 Å². The van der Waals surface area contributed by atoms with E-state index in [0.29, 0.717) is 35.1 Å². The predicted molar refractivity (Wildman–Crippen MR) is 113 cm³/mol. The molecule has 3 aromatic carbocycles. The highest BCUT2D eigenvalue weighted by molar-refractivity contribution is 6.06. The van der Waals surface area contributed by atoms with Gasteiger partial charge in [-0.05, 0) is 68.4 Å². The quantitative estimate of drug-likeness (QED) is 0.429. The molecular weight excluding hydrogens is 366 g/mol. The second kappa shape index (κ2) is 8.10. The van der Waals surface area contributed by atoms with Gasteiger partial charge in [0, 0.05) is 16.6 Å². The molecule has 0 spiro atoms. The first-order chi connectivity index (χ1) is 14.1. The summed E-state index contributed by atoms with van der Waals surface area (Å²) in [6.07, 6.45) is 0. The van der Waals surface area contributed by atoms with E-state index in [1.807, 2.05) is 62.4 Å². The first kappa shape index (κ1) is 18.6. The first-order valence-corrected chi connectivity index (χ1v) is 9.44. The van der Waals surface area contributed by atoms with Crippen LogP contribution in [0.2, 0.25) is 0 Å². The van der Waals surface area contributed by atoms with E-state index in [4.69, 9.17) is 13.9 Å². The lowest BCUT2D eigenvalue weighted by atomic mass is 10.1. The maximum absolute atomic E-state index is 12.6. The van der Waals surface area contributed by atoms with E-state index in [9.17, 15) is 4.79 Å². The zero-order valence-corrected chi connectivity index (χ0v) is 16.3. The molecule has 0 atom stereocenters. The van der Waals surface area contributed by atoms with E-state index in [1.54, 1.807) is 24.3 Å². The summed E-state index contributed by atoms with van der Waals surface area (Å²) in [5.74, 6) is 2.23. The van der Waals surface area contributed by atoms with Gasteiger partial charge in [-0.15, -0.1) is 0 Å². The van der Waals surface area contributed by atoms with Crippen LogP contribution in [0.4, 0.5) is 5.69 Å². The molecule has 0 saturated carbocycles. The monoisotopic (exact) mass is 387 g/mol. The number of hydrogen-bond donors (Lipinski definition) is 1. The maximum Gasteiger partial charge on any atom is 0.291 e. The average Bonchev–Trinajstić information content (AvgIpc) is 3.08. The molecule has 1 amide bonds. The van der Waals surface area contributed by atoms with Gasteiger partial charge < -0.3 is 19.2 Å². The molecule has 1 N–H and O–H groups in total. The van der Waals surface area contributed by atoms with Crippen LogP contribution in [-0.4, -0.2) is 12.5 Å². The predicted octanol–water partition coefficient (Wildman–Crippen LogP) is 6.18. The van der Waals surface area contributed by atoms with Crippen molar-refractivity contribution in [1.82, 2.24) is 0 Å². The van der Waals surface area contributed by atoms with Crippen molar-refractivity contribution in [2.75, 3.05) is 11.9 Å². The summed E-state index contributed by atoms with van der Waals surface area (Å²) in [5.41, 5.74) is 2.19. The van der Waals surface area contributed by atoms with Crippen molar-refractivity contribution >= 4 is 22.6 Å². The number of hydrogen-bond acceptors (Lipinski definition) is 4. The minimum atomic E-state index is -0.279. The highest BCUT2D eigenvalue weighted by Crippen LogP contribution is 2.27. The number of anilines is 1. The number of para-hydroxylation sites is 1. The Bertz CT molecular complexity index is 1130. The van der Waals surface area contributed by atoms with Crippen LogP contribution >= 0.6 is 0 Å². The van der Waals surface area contributed by atoms with Crippen molar-refractivity contribution in [1.29, 1.82) is 0 Å². The van der Waals surface area contributed by atoms with Crippen LogP contribution in [0, 0.1) is 6.92 Å². The summed E-state index contributed by atoms with van der Waals surface area (Å²) in [6.45, 7) is 4.45. The number of rotatable bonds is 6. The summed E-state index contributed by atoms with van der Waals surface area (Å²) in [6, 6.07) is 22.2. The van der Waals surface area contributed by atoms with Gasteiger partial charge in [0.25, 0.3) is 5.91 Å². The normalized spacial score (nSPS) is 10.7. The Morgan fingerprint density at radius 1 is 0.897 bits per heavy atom. The third-order valence-electron chi connectivity index (χ3n) is 4.53. The Morgan fingerprint density at radius 3 is 2.17 bits per heavy atom. The number of aryl methyl sites for hydroxylation is 1. The number of benzene rings is 3. The first-order valence-electron chi connectivity index (χ1n) is 9.44. The highest BCUT2D eigenvalue weighted by Gasteiger charge is 2.17. The molecule has 0 unspecified atom stereocenters. The zero-order valence-electron chi connectivity index (χ0n) is 16.3. The lowest BCUT2D eigenvalue weighted by Gasteiger charge is -2.09. The van der Waals surface area contributed by atoms with Gasteiger partial charge in [-0.25, -0.2) is 0 Å². The molecule has 4 aromatic rings. The van der Waals surface area contributed by atoms with E-state index in [0.717, 1.165) is 16.7 Å². The van der Waals surface area contributed by atoms with Crippen molar-refractivity contribution in [3.63, 3.8) is 0 Å². The van der Waals surface area contributed by atoms with Gasteiger partial charge in [-0.1, -0.05) is 18.2 Å². The molecule has 0 aliphatic rings. The Balaban J connectivity index is 1.43. The second-order valence-electron chi connectivity index (χ2n) is 6.54. The summed E-state index contributed by atoms with van der Waals surface area (Å²) in [7, 11) is 0. The van der Waals surface area contributed by atoms with Crippen molar-refractivity contribution in [3.8, 4) is 17.2 Å². The van der Waals surface area contributed by atoms with E-state index in [1.165, 1.54) is 0 Å². The Kier molecular flexibility index (Phi) is 5.20. The number of fused-ring (bicyclic) bond motifs is 1. The molecule has 1 aromatic heterocycles. The smallest absolute Gasteiger partial charge is 0.291 e. The van der Waals surface area contributed by atoms with Crippen LogP contribution in [0.3, 0.4) is 0 Å². The molecule has 29 heavy (non-hydrogen) atoms. The van der Waals surface area contributed by atoms with Gasteiger partial charge in [0.2, 0.25) is 0 Å². The van der Waals surface area contributed by atoms with E-state index in [2.05, 4.69) is 5.32 Å². The molecule has 0 fully saturated rings. The molecule has 0 radical (unpaired) electrons. The Morgan fingerprint density at radius 2 is 1.52 bits per heavy atom. The Hall–Kier alpha value is -3.73. The topological polar surface area (TPSA) is 60.7 Å². The van der Waals surface area contributed by atoms with Gasteiger partial charge in [0.05, 0.1) is 6.61 Å². The Labute approximate surface area is 168 Å². The molecule has 5 nitrogen and oxygen atoms in total. The lowest BCUT2D eigenvalue weighted by molar-refractivity contribution is 0.0998. The second-order valence-corrected chi connectivity index (χ2v) is 6.54. The molecule has 5 heteroatoms. The van der Waals surface area contributed by atoms with Crippen LogP contribution in [0.1, 0.15) is 23.0 Å². The van der Waals surface area contributed by atoms with Crippen molar-refractivity contribution in [3.05, 3.63) is 84.1 Å². The van der Waals surface area contributed by atoms with E-state index in [-0.39, 0.29) is 5.91 Å². The number of nitrogens with one attached hydrogen (secondary N) is 1. The minimum absolute atomic E-state index is 0.279. The molecule has 0 bridgehead atoms. The van der Waals surface area contributed by atoms with E-state index < -0.39 is 0 Å². The van der Waals surface area contributed by atoms with E-state index >= 15 is 0 Å². The number of amides is 1. The van der Waals surface area contributed by atoms with Crippen LogP contribution in [0.25, 0.3) is 11.0 Å². The molecule has 4 rings (SSSR count). The van der Waals surface area contributed by atoms with Crippen LogP contribution in [0.5, 0.6) is 17.2 Å². The number of carbonyl (C=O) groups excluding carboxylic acids is 1. The number of ether oxygens (including phenoxy) is 2. The van der Waals surface area contributed by atoms with Crippen molar-refractivity contribution in [2.45, 2.75) is 13.8 Å². The SMILES string of the molecule is CCOc1ccc(Oc2ccc(NC(=O)c3oc4ccccc4c3C)cc2)cc1. The number of furan rings is 1. The van der Waals surface area contributed by atoms with Gasteiger partial charge in [-0.3, -0.25) is 4.79 Å². The minimum Gasteiger partial charge on any atom is -0.494 e. The zero-order chi connectivity index (χ0) is 20.2. The van der Waals surface area contributed by atoms with Crippen LogP contribution in [0.15, 0.2) is 77.2 Å². The fraction of sp³-hybridized carbons (Fsp3) is 0.125. The molecular formula is C24H21NO4. The third-order valence-corrected chi connectivity index (χ3v) is 4.53. The number of carbonyl (C=O) groups is 1. The molecule has 1 heterocycles.